The smallest absolute Gasteiger partial charge is 0.338 e. The molecular formula is C20H18N4O3. The quantitative estimate of drug-likeness (QED) is 0.694. The molecular weight excluding hydrogens is 344 g/mol. The molecule has 1 aliphatic rings. The fourth-order valence-electron chi connectivity index (χ4n) is 3.19. The van der Waals surface area contributed by atoms with Crippen molar-refractivity contribution in [3.8, 4) is 5.75 Å². The van der Waals surface area contributed by atoms with Gasteiger partial charge in [-0.15, -0.1) is 0 Å². The second kappa shape index (κ2) is 6.95. The monoisotopic (exact) mass is 362 g/mol. The van der Waals surface area contributed by atoms with Gasteiger partial charge in [0.1, 0.15) is 18.1 Å². The van der Waals surface area contributed by atoms with Crippen LogP contribution in [0, 0.1) is 0 Å². The number of carbonyl (C=O) groups excluding carboxylic acids is 1. The minimum atomic E-state index is -0.529. The van der Waals surface area contributed by atoms with E-state index in [4.69, 9.17) is 4.74 Å². The van der Waals surface area contributed by atoms with E-state index in [0.717, 1.165) is 11.1 Å². The minimum Gasteiger partial charge on any atom is -0.508 e. The summed E-state index contributed by atoms with van der Waals surface area (Å²) < 4.78 is 7.00. The third kappa shape index (κ3) is 3.03. The Kier molecular flexibility index (Phi) is 4.33. The van der Waals surface area contributed by atoms with Crippen LogP contribution in [-0.2, 0) is 9.53 Å². The molecule has 7 nitrogen and oxygen atoms in total. The maximum absolute atomic E-state index is 12.9. The van der Waals surface area contributed by atoms with E-state index in [0.29, 0.717) is 17.2 Å². The average molecular weight is 362 g/mol. The van der Waals surface area contributed by atoms with Crippen molar-refractivity contribution in [2.24, 2.45) is 0 Å². The van der Waals surface area contributed by atoms with E-state index in [1.54, 1.807) is 35.9 Å². The maximum atomic E-state index is 12.9. The fourth-order valence-corrected chi connectivity index (χ4v) is 3.19. The highest BCUT2D eigenvalue weighted by Gasteiger charge is 2.36. The molecule has 0 fully saturated rings. The summed E-state index contributed by atoms with van der Waals surface area (Å²) in [5.41, 5.74) is 2.70. The van der Waals surface area contributed by atoms with Gasteiger partial charge in [-0.2, -0.15) is 10.1 Å². The molecule has 0 aliphatic carbocycles. The first-order chi connectivity index (χ1) is 13.2. The zero-order valence-corrected chi connectivity index (χ0v) is 14.7. The van der Waals surface area contributed by atoms with Crippen LogP contribution in [0.3, 0.4) is 0 Å². The second-order valence-corrected chi connectivity index (χ2v) is 6.02. The molecule has 1 aliphatic heterocycles. The Hall–Kier alpha value is -3.61. The molecule has 2 aromatic carbocycles. The highest BCUT2D eigenvalue weighted by molar-refractivity contribution is 6.02. The van der Waals surface area contributed by atoms with Gasteiger partial charge >= 0.3 is 5.97 Å². The molecule has 0 radical (unpaired) electrons. The molecule has 4 rings (SSSR count). The molecule has 0 bridgehead atoms. The summed E-state index contributed by atoms with van der Waals surface area (Å²) in [5.74, 6) is 0.250. The maximum Gasteiger partial charge on any atom is 0.338 e. The van der Waals surface area contributed by atoms with Gasteiger partial charge in [-0.25, -0.2) is 9.48 Å². The standard InChI is InChI=1S/C20H18N4O3/c1-2-27-19(26)16-17(13-6-4-3-5-7-13)23-20-21-12-22-24(20)18(16)14-8-10-15(25)11-9-14/h3-12,18,25H,2H2,1H3,(H,21,22,23)/t18-/m0/s1. The number of aromatic hydroxyl groups is 1. The summed E-state index contributed by atoms with van der Waals surface area (Å²) >= 11 is 0. The number of hydrogen-bond acceptors (Lipinski definition) is 6. The number of nitrogens with zero attached hydrogens (tertiary/aromatic N) is 3. The molecule has 7 heteroatoms. The number of fused-ring (bicyclic) bond motifs is 1. The first kappa shape index (κ1) is 16.8. The number of anilines is 1. The van der Waals surface area contributed by atoms with Crippen molar-refractivity contribution in [1.29, 1.82) is 0 Å². The molecule has 1 aromatic heterocycles. The van der Waals surface area contributed by atoms with Crippen LogP contribution in [0.15, 0.2) is 66.5 Å². The molecule has 27 heavy (non-hydrogen) atoms. The van der Waals surface area contributed by atoms with Crippen molar-refractivity contribution in [2.45, 2.75) is 13.0 Å². The molecule has 3 aromatic rings. The number of phenols is 1. The largest absolute Gasteiger partial charge is 0.508 e. The Morgan fingerprint density at radius 2 is 1.93 bits per heavy atom. The topological polar surface area (TPSA) is 89.3 Å². The Bertz CT molecular complexity index is 994. The van der Waals surface area contributed by atoms with Gasteiger partial charge in [-0.1, -0.05) is 42.5 Å². The molecule has 2 N–H and O–H groups in total. The van der Waals surface area contributed by atoms with E-state index < -0.39 is 12.0 Å². The third-order valence-electron chi connectivity index (χ3n) is 4.36. The summed E-state index contributed by atoms with van der Waals surface area (Å²) in [4.78, 5) is 17.2. The molecule has 0 saturated carbocycles. The summed E-state index contributed by atoms with van der Waals surface area (Å²) in [6, 6.07) is 15.7. The minimum absolute atomic E-state index is 0.149. The Morgan fingerprint density at radius 1 is 1.19 bits per heavy atom. The summed E-state index contributed by atoms with van der Waals surface area (Å²) in [5, 5.41) is 17.2. The normalized spacial score (nSPS) is 15.8. The Balaban J connectivity index is 1.95. The lowest BCUT2D eigenvalue weighted by Gasteiger charge is -2.29. The van der Waals surface area contributed by atoms with Gasteiger partial charge in [0.15, 0.2) is 0 Å². The van der Waals surface area contributed by atoms with Crippen molar-refractivity contribution in [2.75, 3.05) is 11.9 Å². The van der Waals surface area contributed by atoms with Crippen LogP contribution in [0.1, 0.15) is 24.1 Å². The predicted molar refractivity (Wildman–Crippen MR) is 99.9 cm³/mol. The van der Waals surface area contributed by atoms with Crippen molar-refractivity contribution >= 4 is 17.6 Å². The van der Waals surface area contributed by atoms with E-state index in [1.807, 2.05) is 30.3 Å². The highest BCUT2D eigenvalue weighted by Crippen LogP contribution is 2.39. The van der Waals surface area contributed by atoms with Gasteiger partial charge in [0.2, 0.25) is 5.95 Å². The summed E-state index contributed by atoms with van der Waals surface area (Å²) in [6.07, 6.45) is 1.44. The van der Waals surface area contributed by atoms with Crippen LogP contribution in [0.2, 0.25) is 0 Å². The van der Waals surface area contributed by atoms with Gasteiger partial charge in [-0.05, 0) is 30.2 Å². The fraction of sp³-hybridized carbons (Fsp3) is 0.150. The van der Waals surface area contributed by atoms with Gasteiger partial charge in [0.25, 0.3) is 0 Å². The summed E-state index contributed by atoms with van der Waals surface area (Å²) in [6.45, 7) is 2.03. The van der Waals surface area contributed by atoms with Gasteiger partial charge < -0.3 is 15.2 Å². The number of aromatic nitrogens is 3. The number of esters is 1. The third-order valence-corrected chi connectivity index (χ3v) is 4.36. The number of nitrogens with one attached hydrogen (secondary N) is 1. The lowest BCUT2D eigenvalue weighted by atomic mass is 9.93. The Labute approximate surface area is 155 Å². The predicted octanol–water partition coefficient (Wildman–Crippen LogP) is 2.97. The van der Waals surface area contributed by atoms with Crippen LogP contribution in [0.4, 0.5) is 5.95 Å². The van der Waals surface area contributed by atoms with Gasteiger partial charge in [-0.3, -0.25) is 0 Å². The number of ether oxygens (including phenoxy) is 1. The molecule has 1 atom stereocenters. The second-order valence-electron chi connectivity index (χ2n) is 6.02. The number of benzene rings is 2. The Morgan fingerprint density at radius 3 is 2.63 bits per heavy atom. The zero-order valence-electron chi connectivity index (χ0n) is 14.7. The van der Waals surface area contributed by atoms with E-state index in [-0.39, 0.29) is 12.4 Å². The van der Waals surface area contributed by atoms with E-state index in [9.17, 15) is 9.90 Å². The van der Waals surface area contributed by atoms with Crippen molar-refractivity contribution in [1.82, 2.24) is 14.8 Å². The van der Waals surface area contributed by atoms with Crippen LogP contribution in [0.25, 0.3) is 5.70 Å². The van der Waals surface area contributed by atoms with Crippen LogP contribution in [-0.4, -0.2) is 32.4 Å². The first-order valence-corrected chi connectivity index (χ1v) is 8.61. The number of hydrogen-bond donors (Lipinski definition) is 2. The lowest BCUT2D eigenvalue weighted by molar-refractivity contribution is -0.138. The zero-order chi connectivity index (χ0) is 18.8. The molecule has 0 spiro atoms. The molecule has 0 saturated heterocycles. The molecule has 2 heterocycles. The molecule has 0 amide bonds. The number of rotatable bonds is 4. The molecule has 0 unspecified atom stereocenters. The first-order valence-electron chi connectivity index (χ1n) is 8.61. The van der Waals surface area contributed by atoms with Gasteiger partial charge in [0, 0.05) is 0 Å². The van der Waals surface area contributed by atoms with E-state index >= 15 is 0 Å². The number of phenolic OH excluding ortho intramolecular Hbond substituents is 1. The van der Waals surface area contributed by atoms with Crippen LogP contribution >= 0.6 is 0 Å². The lowest BCUT2D eigenvalue weighted by Crippen LogP contribution is -2.29. The highest BCUT2D eigenvalue weighted by atomic mass is 16.5. The van der Waals surface area contributed by atoms with Crippen LogP contribution in [0.5, 0.6) is 5.75 Å². The van der Waals surface area contributed by atoms with Crippen LogP contribution < -0.4 is 5.32 Å². The van der Waals surface area contributed by atoms with E-state index in [2.05, 4.69) is 15.4 Å². The van der Waals surface area contributed by atoms with Crippen molar-refractivity contribution in [3.05, 3.63) is 77.6 Å². The average Bonchev–Trinajstić information content (AvgIpc) is 3.16. The van der Waals surface area contributed by atoms with Crippen molar-refractivity contribution in [3.63, 3.8) is 0 Å². The van der Waals surface area contributed by atoms with E-state index in [1.165, 1.54) is 6.33 Å². The SMILES string of the molecule is CCOC(=O)C1=C(c2ccccc2)Nc2ncnn2[C@H]1c1ccc(O)cc1. The summed E-state index contributed by atoms with van der Waals surface area (Å²) in [7, 11) is 0. The number of carbonyl (C=O) groups is 1. The van der Waals surface area contributed by atoms with Gasteiger partial charge in [0.05, 0.1) is 17.9 Å². The van der Waals surface area contributed by atoms with Crippen molar-refractivity contribution < 1.29 is 14.6 Å². The molecule has 136 valence electrons.